The second kappa shape index (κ2) is 4.23. The van der Waals surface area contributed by atoms with Crippen LogP contribution in [0, 0.1) is 5.41 Å². The van der Waals surface area contributed by atoms with Crippen molar-refractivity contribution in [3.63, 3.8) is 0 Å². The molecule has 1 aromatic rings. The molecule has 14 heavy (non-hydrogen) atoms. The topological polar surface area (TPSA) is 84.1 Å². The number of hydrogen-bond donors (Lipinski definition) is 3. The fourth-order valence-corrected chi connectivity index (χ4v) is 0.832. The summed E-state index contributed by atoms with van der Waals surface area (Å²) in [4.78, 5) is 7.98. The second-order valence-electron chi connectivity index (χ2n) is 3.98. The molecular formula is C9H16N4O. The molecule has 0 bridgehead atoms. The minimum atomic E-state index is -0.187. The third-order valence-corrected chi connectivity index (χ3v) is 1.83. The number of nitrogens with two attached hydrogens (primary N) is 1. The first-order chi connectivity index (χ1) is 6.53. The molecule has 0 radical (unpaired) electrons. The number of aromatic nitrogens is 2. The van der Waals surface area contributed by atoms with E-state index < -0.39 is 0 Å². The molecule has 0 saturated carbocycles. The summed E-state index contributed by atoms with van der Waals surface area (Å²) < 4.78 is 0. The Labute approximate surface area is 83.4 Å². The zero-order valence-corrected chi connectivity index (χ0v) is 8.49. The number of nitrogens with one attached hydrogen (secondary N) is 1. The van der Waals surface area contributed by atoms with Crippen molar-refractivity contribution in [3.8, 4) is 0 Å². The van der Waals surface area contributed by atoms with Crippen molar-refractivity contribution < 1.29 is 5.11 Å². The van der Waals surface area contributed by atoms with Crippen molar-refractivity contribution in [3.05, 3.63) is 12.3 Å². The molecule has 0 aromatic carbocycles. The van der Waals surface area contributed by atoms with E-state index in [2.05, 4.69) is 15.3 Å². The van der Waals surface area contributed by atoms with Crippen LogP contribution < -0.4 is 11.1 Å². The smallest absolute Gasteiger partial charge is 0.224 e. The predicted molar refractivity (Wildman–Crippen MR) is 55.8 cm³/mol. The molecule has 0 aliphatic heterocycles. The lowest BCUT2D eigenvalue weighted by molar-refractivity contribution is 0.170. The van der Waals surface area contributed by atoms with Gasteiger partial charge in [-0.25, -0.2) is 4.98 Å². The zero-order valence-electron chi connectivity index (χ0n) is 8.49. The van der Waals surface area contributed by atoms with Gasteiger partial charge in [0.15, 0.2) is 0 Å². The van der Waals surface area contributed by atoms with Crippen molar-refractivity contribution in [1.29, 1.82) is 0 Å². The summed E-state index contributed by atoms with van der Waals surface area (Å²) in [6.45, 7) is 4.62. The molecule has 0 atom stereocenters. The van der Waals surface area contributed by atoms with Crippen LogP contribution in [0.25, 0.3) is 0 Å². The molecule has 4 N–H and O–H groups in total. The normalized spacial score (nSPS) is 11.4. The monoisotopic (exact) mass is 196 g/mol. The van der Waals surface area contributed by atoms with Crippen LogP contribution in [0.1, 0.15) is 13.8 Å². The lowest BCUT2D eigenvalue weighted by atomic mass is 9.95. The van der Waals surface area contributed by atoms with Gasteiger partial charge >= 0.3 is 0 Å². The first kappa shape index (κ1) is 10.7. The Balaban J connectivity index is 2.54. The highest BCUT2D eigenvalue weighted by Gasteiger charge is 2.16. The van der Waals surface area contributed by atoms with Crippen LogP contribution >= 0.6 is 0 Å². The summed E-state index contributed by atoms with van der Waals surface area (Å²) in [7, 11) is 0. The maximum Gasteiger partial charge on any atom is 0.224 e. The molecule has 78 valence electrons. The van der Waals surface area contributed by atoms with Crippen LogP contribution in [-0.2, 0) is 0 Å². The lowest BCUT2D eigenvalue weighted by Gasteiger charge is -2.21. The van der Waals surface area contributed by atoms with E-state index in [1.54, 1.807) is 12.3 Å². The summed E-state index contributed by atoms with van der Waals surface area (Å²) in [5, 5.41) is 12.0. The maximum atomic E-state index is 9.02. The van der Waals surface area contributed by atoms with E-state index in [0.29, 0.717) is 18.3 Å². The Morgan fingerprint density at radius 3 is 2.86 bits per heavy atom. The van der Waals surface area contributed by atoms with E-state index in [-0.39, 0.29) is 12.0 Å². The summed E-state index contributed by atoms with van der Waals surface area (Å²) in [5.74, 6) is 0.927. The van der Waals surface area contributed by atoms with Crippen LogP contribution in [0.3, 0.4) is 0 Å². The maximum absolute atomic E-state index is 9.02. The molecule has 0 amide bonds. The van der Waals surface area contributed by atoms with Crippen LogP contribution in [0.5, 0.6) is 0 Å². The van der Waals surface area contributed by atoms with Gasteiger partial charge in [-0.3, -0.25) is 0 Å². The molecule has 0 aliphatic carbocycles. The molecule has 1 rings (SSSR count). The number of hydrogen-bond acceptors (Lipinski definition) is 5. The van der Waals surface area contributed by atoms with Crippen LogP contribution in [0.15, 0.2) is 12.3 Å². The molecule has 0 spiro atoms. The zero-order chi connectivity index (χ0) is 10.6. The Kier molecular flexibility index (Phi) is 3.24. The van der Waals surface area contributed by atoms with Crippen LogP contribution in [0.2, 0.25) is 0 Å². The summed E-state index contributed by atoms with van der Waals surface area (Å²) >= 11 is 0. The van der Waals surface area contributed by atoms with Crippen molar-refractivity contribution in [2.45, 2.75) is 13.8 Å². The molecule has 1 heterocycles. The van der Waals surface area contributed by atoms with Crippen molar-refractivity contribution in [2.75, 3.05) is 24.2 Å². The number of anilines is 2. The number of aliphatic hydroxyl groups is 1. The summed E-state index contributed by atoms with van der Waals surface area (Å²) in [5.41, 5.74) is 5.30. The van der Waals surface area contributed by atoms with E-state index in [4.69, 9.17) is 10.8 Å². The van der Waals surface area contributed by atoms with Gasteiger partial charge in [-0.15, -0.1) is 0 Å². The van der Waals surface area contributed by atoms with Gasteiger partial charge in [-0.2, -0.15) is 4.98 Å². The van der Waals surface area contributed by atoms with Crippen molar-refractivity contribution in [2.24, 2.45) is 5.41 Å². The van der Waals surface area contributed by atoms with Gasteiger partial charge in [0.05, 0.1) is 0 Å². The number of rotatable bonds is 4. The standard InChI is InChI=1S/C9H16N4O/c1-9(2,6-14)5-12-8-11-4-3-7(10)13-8/h3-4,14H,5-6H2,1-2H3,(H3,10,11,12,13). The lowest BCUT2D eigenvalue weighted by Crippen LogP contribution is -2.27. The highest BCUT2D eigenvalue weighted by Crippen LogP contribution is 2.13. The second-order valence-corrected chi connectivity index (χ2v) is 3.98. The van der Waals surface area contributed by atoms with Crippen LogP contribution in [-0.4, -0.2) is 28.2 Å². The van der Waals surface area contributed by atoms with Crippen LogP contribution in [0.4, 0.5) is 11.8 Å². The van der Waals surface area contributed by atoms with Gasteiger partial charge in [0.2, 0.25) is 5.95 Å². The molecule has 0 unspecified atom stereocenters. The van der Waals surface area contributed by atoms with Gasteiger partial charge in [-0.1, -0.05) is 13.8 Å². The van der Waals surface area contributed by atoms with Crippen molar-refractivity contribution in [1.82, 2.24) is 9.97 Å². The highest BCUT2D eigenvalue weighted by atomic mass is 16.3. The van der Waals surface area contributed by atoms with E-state index >= 15 is 0 Å². The number of nitrogens with zero attached hydrogens (tertiary/aromatic N) is 2. The Bertz CT molecular complexity index is 301. The van der Waals surface area contributed by atoms with Crippen molar-refractivity contribution >= 4 is 11.8 Å². The molecule has 0 aliphatic rings. The first-order valence-corrected chi connectivity index (χ1v) is 4.47. The van der Waals surface area contributed by atoms with Gasteiger partial charge in [0.1, 0.15) is 5.82 Å². The molecule has 0 saturated heterocycles. The average Bonchev–Trinajstić information content (AvgIpc) is 2.15. The average molecular weight is 196 g/mol. The fraction of sp³-hybridized carbons (Fsp3) is 0.556. The van der Waals surface area contributed by atoms with Gasteiger partial charge in [-0.05, 0) is 6.07 Å². The Hall–Kier alpha value is -1.36. The summed E-state index contributed by atoms with van der Waals surface area (Å²) in [6.07, 6.45) is 1.59. The highest BCUT2D eigenvalue weighted by molar-refractivity contribution is 5.35. The van der Waals surface area contributed by atoms with Gasteiger partial charge in [0, 0.05) is 24.8 Å². The minimum absolute atomic E-state index is 0.113. The molecule has 0 fully saturated rings. The predicted octanol–water partition coefficient (Wildman–Crippen LogP) is 0.489. The van der Waals surface area contributed by atoms with E-state index in [1.807, 2.05) is 13.8 Å². The molecule has 5 heteroatoms. The van der Waals surface area contributed by atoms with E-state index in [1.165, 1.54) is 0 Å². The SMILES string of the molecule is CC(C)(CO)CNc1nccc(N)n1. The molecular weight excluding hydrogens is 180 g/mol. The summed E-state index contributed by atoms with van der Waals surface area (Å²) in [6, 6.07) is 1.63. The fourth-order valence-electron chi connectivity index (χ4n) is 0.832. The Morgan fingerprint density at radius 2 is 2.29 bits per heavy atom. The third-order valence-electron chi connectivity index (χ3n) is 1.83. The first-order valence-electron chi connectivity index (χ1n) is 4.47. The molecule has 1 aromatic heterocycles. The minimum Gasteiger partial charge on any atom is -0.396 e. The van der Waals surface area contributed by atoms with Gasteiger partial charge < -0.3 is 16.2 Å². The molecule has 5 nitrogen and oxygen atoms in total. The quantitative estimate of drug-likeness (QED) is 0.652. The largest absolute Gasteiger partial charge is 0.396 e. The third kappa shape index (κ3) is 3.18. The Morgan fingerprint density at radius 1 is 1.57 bits per heavy atom. The van der Waals surface area contributed by atoms with Gasteiger partial charge in [0.25, 0.3) is 0 Å². The number of nitrogen functional groups attached to an aromatic ring is 1. The number of aliphatic hydroxyl groups excluding tert-OH is 1. The van der Waals surface area contributed by atoms with E-state index in [9.17, 15) is 0 Å². The van der Waals surface area contributed by atoms with E-state index in [0.717, 1.165) is 0 Å².